The molecule has 0 bridgehead atoms. The molecular formula is C21H25N3O4S. The fraction of sp³-hybridized carbons (Fsp3) is 0.333. The number of hydrogen-bond acceptors (Lipinski definition) is 4. The first-order chi connectivity index (χ1) is 13.9. The van der Waals surface area contributed by atoms with Crippen LogP contribution in [0.1, 0.15) is 43.0 Å². The van der Waals surface area contributed by atoms with Gasteiger partial charge in [0.25, 0.3) is 5.91 Å². The second-order valence-corrected chi connectivity index (χ2v) is 9.00. The highest BCUT2D eigenvalue weighted by Gasteiger charge is 2.25. The predicted molar refractivity (Wildman–Crippen MR) is 112 cm³/mol. The van der Waals surface area contributed by atoms with E-state index in [0.29, 0.717) is 30.0 Å². The fourth-order valence-corrected chi connectivity index (χ4v) is 4.80. The molecule has 2 aromatic carbocycles. The molecule has 1 heterocycles. The highest BCUT2D eigenvalue weighted by Crippen LogP contribution is 2.22. The molecule has 0 aromatic heterocycles. The molecule has 0 radical (unpaired) electrons. The molecule has 2 N–H and O–H groups in total. The molecule has 29 heavy (non-hydrogen) atoms. The van der Waals surface area contributed by atoms with Crippen LogP contribution in [0.5, 0.6) is 0 Å². The molecule has 7 nitrogen and oxygen atoms in total. The summed E-state index contributed by atoms with van der Waals surface area (Å²) in [6.07, 6.45) is 3.87. The van der Waals surface area contributed by atoms with E-state index in [-0.39, 0.29) is 16.7 Å². The third kappa shape index (κ3) is 5.42. The largest absolute Gasteiger partial charge is 0.326 e. The normalized spacial score (nSPS) is 15.3. The molecule has 0 unspecified atom stereocenters. The van der Waals surface area contributed by atoms with Crippen molar-refractivity contribution in [1.82, 2.24) is 4.31 Å². The van der Waals surface area contributed by atoms with Crippen LogP contribution in [0.25, 0.3) is 0 Å². The van der Waals surface area contributed by atoms with Gasteiger partial charge < -0.3 is 10.6 Å². The van der Waals surface area contributed by atoms with Gasteiger partial charge in [-0.25, -0.2) is 8.42 Å². The van der Waals surface area contributed by atoms with Crippen LogP contribution in [-0.2, 0) is 14.8 Å². The number of nitrogens with one attached hydrogen (secondary N) is 2. The average molecular weight is 416 g/mol. The highest BCUT2D eigenvalue weighted by molar-refractivity contribution is 7.89. The Morgan fingerprint density at radius 2 is 1.52 bits per heavy atom. The monoisotopic (exact) mass is 415 g/mol. The van der Waals surface area contributed by atoms with Gasteiger partial charge in [0, 0.05) is 37.0 Å². The van der Waals surface area contributed by atoms with Crippen LogP contribution in [0.15, 0.2) is 53.4 Å². The third-order valence-electron chi connectivity index (χ3n) is 4.76. The third-order valence-corrected chi connectivity index (χ3v) is 6.67. The van der Waals surface area contributed by atoms with Crippen LogP contribution >= 0.6 is 0 Å². The van der Waals surface area contributed by atoms with Crippen molar-refractivity contribution in [3.8, 4) is 0 Å². The number of sulfonamides is 1. The quantitative estimate of drug-likeness (QED) is 0.782. The van der Waals surface area contributed by atoms with E-state index < -0.39 is 10.0 Å². The standard InChI is InChI=1S/C21H25N3O4S/c1-16(25)22-19-8-6-7-17(15-19)21(26)23-18-9-11-20(12-10-18)29(27,28)24-13-4-2-3-5-14-24/h6-12,15H,2-5,13-14H2,1H3,(H,22,25)(H,23,26). The van der Waals surface area contributed by atoms with Crippen molar-refractivity contribution in [2.45, 2.75) is 37.5 Å². The van der Waals surface area contributed by atoms with Crippen LogP contribution in [0, 0.1) is 0 Å². The Labute approximate surface area is 171 Å². The van der Waals surface area contributed by atoms with Gasteiger partial charge in [-0.15, -0.1) is 0 Å². The molecular weight excluding hydrogens is 390 g/mol. The summed E-state index contributed by atoms with van der Waals surface area (Å²) in [4.78, 5) is 23.9. The Kier molecular flexibility index (Phi) is 6.66. The van der Waals surface area contributed by atoms with E-state index in [2.05, 4.69) is 10.6 Å². The molecule has 154 valence electrons. The number of hydrogen-bond donors (Lipinski definition) is 2. The van der Waals surface area contributed by atoms with Gasteiger partial charge in [-0.05, 0) is 55.3 Å². The molecule has 1 saturated heterocycles. The zero-order valence-corrected chi connectivity index (χ0v) is 17.2. The van der Waals surface area contributed by atoms with Gasteiger partial charge in [0.1, 0.15) is 0 Å². The smallest absolute Gasteiger partial charge is 0.255 e. The van der Waals surface area contributed by atoms with E-state index in [4.69, 9.17) is 0 Å². The Hall–Kier alpha value is -2.71. The summed E-state index contributed by atoms with van der Waals surface area (Å²) in [6, 6.07) is 12.8. The van der Waals surface area contributed by atoms with Crippen molar-refractivity contribution in [2.75, 3.05) is 23.7 Å². The topological polar surface area (TPSA) is 95.6 Å². The molecule has 1 fully saturated rings. The van der Waals surface area contributed by atoms with Gasteiger partial charge in [-0.3, -0.25) is 9.59 Å². The number of carbonyl (C=O) groups is 2. The lowest BCUT2D eigenvalue weighted by Crippen LogP contribution is -2.31. The van der Waals surface area contributed by atoms with Gasteiger partial charge in [-0.1, -0.05) is 18.9 Å². The lowest BCUT2D eigenvalue weighted by atomic mass is 10.2. The molecule has 1 aliphatic heterocycles. The summed E-state index contributed by atoms with van der Waals surface area (Å²) in [5.74, 6) is -0.566. The first-order valence-corrected chi connectivity index (χ1v) is 11.1. The zero-order chi connectivity index (χ0) is 20.9. The average Bonchev–Trinajstić information content (AvgIpc) is 2.98. The number of benzene rings is 2. The minimum absolute atomic E-state index is 0.219. The highest BCUT2D eigenvalue weighted by atomic mass is 32.2. The van der Waals surface area contributed by atoms with Crippen molar-refractivity contribution < 1.29 is 18.0 Å². The summed E-state index contributed by atoms with van der Waals surface area (Å²) in [7, 11) is -3.52. The second-order valence-electron chi connectivity index (χ2n) is 7.06. The molecule has 2 amide bonds. The van der Waals surface area contributed by atoms with Crippen LogP contribution in [0.3, 0.4) is 0 Å². The summed E-state index contributed by atoms with van der Waals surface area (Å²) in [5.41, 5.74) is 1.41. The SMILES string of the molecule is CC(=O)Nc1cccc(C(=O)Nc2ccc(S(=O)(=O)N3CCCCCC3)cc2)c1. The maximum absolute atomic E-state index is 12.8. The molecule has 0 atom stereocenters. The van der Waals surface area contributed by atoms with Gasteiger partial charge in [0.2, 0.25) is 15.9 Å². The molecule has 8 heteroatoms. The summed E-state index contributed by atoms with van der Waals surface area (Å²) >= 11 is 0. The second kappa shape index (κ2) is 9.19. The minimum Gasteiger partial charge on any atom is -0.326 e. The Balaban J connectivity index is 1.70. The number of amides is 2. The lowest BCUT2D eigenvalue weighted by molar-refractivity contribution is -0.114. The molecule has 0 aliphatic carbocycles. The van der Waals surface area contributed by atoms with E-state index in [1.165, 1.54) is 19.1 Å². The Bertz CT molecular complexity index is 979. The maximum atomic E-state index is 12.8. The summed E-state index contributed by atoms with van der Waals surface area (Å²) < 4.78 is 27.2. The molecule has 0 spiro atoms. The maximum Gasteiger partial charge on any atom is 0.255 e. The van der Waals surface area contributed by atoms with Crippen molar-refractivity contribution in [2.24, 2.45) is 0 Å². The summed E-state index contributed by atoms with van der Waals surface area (Å²) in [6.45, 7) is 2.49. The number of carbonyl (C=O) groups excluding carboxylic acids is 2. The first kappa shape index (κ1) is 21.0. The van der Waals surface area contributed by atoms with E-state index in [9.17, 15) is 18.0 Å². The van der Waals surface area contributed by atoms with E-state index >= 15 is 0 Å². The van der Waals surface area contributed by atoms with Crippen LogP contribution in [0.2, 0.25) is 0 Å². The fourth-order valence-electron chi connectivity index (χ4n) is 3.29. The predicted octanol–water partition coefficient (Wildman–Crippen LogP) is 3.46. The van der Waals surface area contributed by atoms with Crippen molar-refractivity contribution in [1.29, 1.82) is 0 Å². The van der Waals surface area contributed by atoms with E-state index in [1.807, 2.05) is 0 Å². The molecule has 1 aliphatic rings. The van der Waals surface area contributed by atoms with Crippen molar-refractivity contribution in [3.63, 3.8) is 0 Å². The molecule has 0 saturated carbocycles. The van der Waals surface area contributed by atoms with E-state index in [1.54, 1.807) is 40.7 Å². The number of nitrogens with zero attached hydrogens (tertiary/aromatic N) is 1. The Morgan fingerprint density at radius 1 is 0.862 bits per heavy atom. The van der Waals surface area contributed by atoms with Crippen LogP contribution < -0.4 is 10.6 Å². The van der Waals surface area contributed by atoms with Crippen LogP contribution in [0.4, 0.5) is 11.4 Å². The Morgan fingerprint density at radius 3 is 2.14 bits per heavy atom. The van der Waals surface area contributed by atoms with E-state index in [0.717, 1.165) is 25.7 Å². The zero-order valence-electron chi connectivity index (χ0n) is 16.3. The summed E-state index contributed by atoms with van der Waals surface area (Å²) in [5, 5.41) is 5.38. The van der Waals surface area contributed by atoms with Gasteiger partial charge in [0.05, 0.1) is 4.90 Å². The minimum atomic E-state index is -3.52. The van der Waals surface area contributed by atoms with Crippen molar-refractivity contribution in [3.05, 3.63) is 54.1 Å². The lowest BCUT2D eigenvalue weighted by Gasteiger charge is -2.20. The molecule has 3 rings (SSSR count). The van der Waals surface area contributed by atoms with Gasteiger partial charge in [-0.2, -0.15) is 4.31 Å². The van der Waals surface area contributed by atoms with Crippen LogP contribution in [-0.4, -0.2) is 37.6 Å². The first-order valence-electron chi connectivity index (χ1n) is 9.65. The molecule has 2 aromatic rings. The van der Waals surface area contributed by atoms with Crippen molar-refractivity contribution >= 4 is 33.2 Å². The number of rotatable bonds is 5. The number of anilines is 2. The van der Waals surface area contributed by atoms with Gasteiger partial charge >= 0.3 is 0 Å². The van der Waals surface area contributed by atoms with Gasteiger partial charge in [0.15, 0.2) is 0 Å².